The van der Waals surface area contributed by atoms with Crippen molar-refractivity contribution in [3.05, 3.63) is 35.6 Å². The molecule has 218 valence electrons. The summed E-state index contributed by atoms with van der Waals surface area (Å²) in [6, 6.07) is 5.93. The Kier molecular flexibility index (Phi) is 8.10. The number of aliphatic hydroxyl groups excluding tert-OH is 1. The van der Waals surface area contributed by atoms with Gasteiger partial charge in [-0.05, 0) is 18.9 Å². The minimum Gasteiger partial charge on any atom is -0.493 e. The van der Waals surface area contributed by atoms with Crippen molar-refractivity contribution in [3.63, 3.8) is 0 Å². The largest absolute Gasteiger partial charge is 0.493 e. The Morgan fingerprint density at radius 1 is 1.05 bits per heavy atom. The molecule has 1 atom stereocenters. The number of rotatable bonds is 10. The second-order valence-corrected chi connectivity index (χ2v) is 11.2. The molecule has 5 heterocycles. The molecule has 2 aliphatic heterocycles. The van der Waals surface area contributed by atoms with Crippen LogP contribution >= 0.6 is 11.3 Å². The minimum absolute atomic E-state index is 0.0207. The van der Waals surface area contributed by atoms with Crippen molar-refractivity contribution in [1.29, 1.82) is 0 Å². The van der Waals surface area contributed by atoms with E-state index in [1.807, 2.05) is 22.9 Å². The SMILES string of the molecule is COc1cc(-n2cnc(Nc3nc(N4CCCC4CO)nc4sc(CN5CCOCC5)cc34)c2)cc(OC)c1OC. The zero-order valence-electron chi connectivity index (χ0n) is 23.5. The van der Waals surface area contributed by atoms with E-state index in [1.165, 1.54) is 4.88 Å². The number of methoxy groups -OCH3 is 3. The second kappa shape index (κ2) is 12.1. The van der Waals surface area contributed by atoms with Crippen LogP contribution in [0.5, 0.6) is 17.2 Å². The predicted octanol–water partition coefficient (Wildman–Crippen LogP) is 3.44. The van der Waals surface area contributed by atoms with Gasteiger partial charge in [-0.2, -0.15) is 4.98 Å². The highest BCUT2D eigenvalue weighted by Gasteiger charge is 2.28. The smallest absolute Gasteiger partial charge is 0.229 e. The summed E-state index contributed by atoms with van der Waals surface area (Å²) in [5.41, 5.74) is 0.805. The number of aromatic nitrogens is 4. The van der Waals surface area contributed by atoms with E-state index in [0.717, 1.165) is 68.1 Å². The Labute approximate surface area is 242 Å². The molecule has 0 saturated carbocycles. The number of hydrogen-bond donors (Lipinski definition) is 2. The normalized spacial score (nSPS) is 17.8. The van der Waals surface area contributed by atoms with Gasteiger partial charge in [0.25, 0.3) is 0 Å². The minimum atomic E-state index is 0.0207. The van der Waals surface area contributed by atoms with E-state index in [4.69, 9.17) is 28.9 Å². The summed E-state index contributed by atoms with van der Waals surface area (Å²) in [6.45, 7) is 5.09. The zero-order chi connectivity index (χ0) is 28.3. The lowest BCUT2D eigenvalue weighted by molar-refractivity contribution is 0.0346. The molecule has 0 spiro atoms. The molecule has 2 aliphatic rings. The number of nitrogens with one attached hydrogen (secondary N) is 1. The van der Waals surface area contributed by atoms with Gasteiger partial charge in [0.2, 0.25) is 11.7 Å². The fourth-order valence-electron chi connectivity index (χ4n) is 5.40. The van der Waals surface area contributed by atoms with Gasteiger partial charge in [-0.1, -0.05) is 0 Å². The van der Waals surface area contributed by atoms with E-state index >= 15 is 0 Å². The molecule has 0 aliphatic carbocycles. The second-order valence-electron chi connectivity index (χ2n) is 10.0. The molecule has 2 fully saturated rings. The van der Waals surface area contributed by atoms with Crippen LogP contribution in [-0.2, 0) is 11.3 Å². The van der Waals surface area contributed by atoms with Gasteiger partial charge >= 0.3 is 0 Å². The van der Waals surface area contributed by atoms with Gasteiger partial charge in [0.1, 0.15) is 22.8 Å². The lowest BCUT2D eigenvalue weighted by atomic mass is 10.2. The molecule has 41 heavy (non-hydrogen) atoms. The van der Waals surface area contributed by atoms with Gasteiger partial charge in [-0.25, -0.2) is 9.97 Å². The summed E-state index contributed by atoms with van der Waals surface area (Å²) < 4.78 is 23.9. The number of ether oxygens (including phenoxy) is 4. The number of thiophene rings is 1. The first-order valence-electron chi connectivity index (χ1n) is 13.7. The molecule has 13 heteroatoms. The zero-order valence-corrected chi connectivity index (χ0v) is 24.3. The van der Waals surface area contributed by atoms with Gasteiger partial charge < -0.3 is 38.8 Å². The molecule has 4 aromatic rings. The lowest BCUT2D eigenvalue weighted by Gasteiger charge is -2.25. The van der Waals surface area contributed by atoms with Crippen LogP contribution in [0, 0.1) is 0 Å². The van der Waals surface area contributed by atoms with Crippen LogP contribution in [-0.4, -0.2) is 96.4 Å². The summed E-state index contributed by atoms with van der Waals surface area (Å²) in [5.74, 6) is 3.59. The Bertz CT molecular complexity index is 1480. The van der Waals surface area contributed by atoms with E-state index in [2.05, 4.69) is 26.2 Å². The van der Waals surface area contributed by atoms with Crippen LogP contribution in [0.3, 0.4) is 0 Å². The summed E-state index contributed by atoms with van der Waals surface area (Å²) in [6.07, 6.45) is 5.54. The Balaban J connectivity index is 1.34. The van der Waals surface area contributed by atoms with Gasteiger partial charge in [0.15, 0.2) is 11.5 Å². The molecule has 3 aromatic heterocycles. The van der Waals surface area contributed by atoms with Gasteiger partial charge in [-0.15, -0.1) is 11.3 Å². The Morgan fingerprint density at radius 2 is 1.83 bits per heavy atom. The topological polar surface area (TPSA) is 119 Å². The Hall–Kier alpha value is -3.65. The van der Waals surface area contributed by atoms with Crippen molar-refractivity contribution in [2.75, 3.05) is 71.0 Å². The molecule has 0 radical (unpaired) electrons. The number of anilines is 3. The van der Waals surface area contributed by atoms with Crippen LogP contribution in [0.1, 0.15) is 17.7 Å². The van der Waals surface area contributed by atoms with Crippen molar-refractivity contribution < 1.29 is 24.1 Å². The predicted molar refractivity (Wildman–Crippen MR) is 157 cm³/mol. The molecule has 0 bridgehead atoms. The summed E-state index contributed by atoms with van der Waals surface area (Å²) in [7, 11) is 4.77. The summed E-state index contributed by atoms with van der Waals surface area (Å²) >= 11 is 1.68. The monoisotopic (exact) mass is 581 g/mol. The maximum atomic E-state index is 9.96. The van der Waals surface area contributed by atoms with E-state index in [1.54, 1.807) is 39.0 Å². The van der Waals surface area contributed by atoms with Gasteiger partial charge in [-0.3, -0.25) is 4.90 Å². The molecule has 12 nitrogen and oxygen atoms in total. The first-order valence-corrected chi connectivity index (χ1v) is 14.5. The summed E-state index contributed by atoms with van der Waals surface area (Å²) in [5, 5.41) is 14.3. The number of hydrogen-bond acceptors (Lipinski definition) is 12. The average Bonchev–Trinajstić information content (AvgIpc) is 3.76. The first-order chi connectivity index (χ1) is 20.1. The lowest BCUT2D eigenvalue weighted by Crippen LogP contribution is -2.35. The van der Waals surface area contributed by atoms with E-state index < -0.39 is 0 Å². The summed E-state index contributed by atoms with van der Waals surface area (Å²) in [4.78, 5) is 21.2. The van der Waals surface area contributed by atoms with Crippen molar-refractivity contribution >= 4 is 39.1 Å². The van der Waals surface area contributed by atoms with Crippen LogP contribution in [0.2, 0.25) is 0 Å². The highest BCUT2D eigenvalue weighted by Crippen LogP contribution is 2.40. The van der Waals surface area contributed by atoms with Crippen LogP contribution < -0.4 is 24.4 Å². The molecule has 1 aromatic carbocycles. The quantitative estimate of drug-likeness (QED) is 0.287. The Morgan fingerprint density at radius 3 is 2.54 bits per heavy atom. The number of imidazole rings is 1. The third kappa shape index (κ3) is 5.62. The van der Waals surface area contributed by atoms with Crippen molar-refractivity contribution in [1.82, 2.24) is 24.4 Å². The van der Waals surface area contributed by atoms with Crippen LogP contribution in [0.4, 0.5) is 17.6 Å². The molecule has 6 rings (SSSR count). The highest BCUT2D eigenvalue weighted by molar-refractivity contribution is 7.18. The number of nitrogens with zero attached hydrogens (tertiary/aromatic N) is 6. The molecule has 1 unspecified atom stereocenters. The van der Waals surface area contributed by atoms with E-state index in [-0.39, 0.29) is 12.6 Å². The molecular weight excluding hydrogens is 546 g/mol. The maximum absolute atomic E-state index is 9.96. The first kappa shape index (κ1) is 27.5. The molecule has 0 amide bonds. The standard InChI is InChI=1S/C28H35N7O5S/c1-37-22-11-19(12-23(38-2)25(22)39-3)34-15-24(29-17-34)30-26-21-13-20(14-33-7-9-40-10-8-33)41-27(21)32-28(31-26)35-6-4-5-18(35)16-36/h11-13,15,17-18,36H,4-10,14,16H2,1-3H3,(H,30,31,32). The highest BCUT2D eigenvalue weighted by atomic mass is 32.1. The molecule has 2 saturated heterocycles. The maximum Gasteiger partial charge on any atom is 0.229 e. The fourth-order valence-corrected chi connectivity index (χ4v) is 6.46. The number of benzene rings is 1. The fraction of sp³-hybridized carbons (Fsp3) is 0.464. The average molecular weight is 582 g/mol. The van der Waals surface area contributed by atoms with Crippen molar-refractivity contribution in [3.8, 4) is 22.9 Å². The third-order valence-corrected chi connectivity index (χ3v) is 8.55. The number of aliphatic hydroxyl groups is 1. The number of morpholine rings is 1. The van der Waals surface area contributed by atoms with E-state index in [9.17, 15) is 5.11 Å². The van der Waals surface area contributed by atoms with Crippen molar-refractivity contribution in [2.45, 2.75) is 25.4 Å². The van der Waals surface area contributed by atoms with Gasteiger partial charge in [0, 0.05) is 43.2 Å². The third-order valence-electron chi connectivity index (χ3n) is 7.54. The van der Waals surface area contributed by atoms with Crippen molar-refractivity contribution in [2.24, 2.45) is 0 Å². The molecule has 2 N–H and O–H groups in total. The number of fused-ring (bicyclic) bond motifs is 1. The molecular formula is C28H35N7O5S. The van der Waals surface area contributed by atoms with Gasteiger partial charge in [0.05, 0.1) is 64.5 Å². The van der Waals surface area contributed by atoms with E-state index in [0.29, 0.717) is 34.8 Å². The van der Waals surface area contributed by atoms with Crippen LogP contribution in [0.15, 0.2) is 30.7 Å². The van der Waals surface area contributed by atoms with Crippen LogP contribution in [0.25, 0.3) is 15.9 Å².